The van der Waals surface area contributed by atoms with Crippen molar-refractivity contribution in [3.05, 3.63) is 191 Å². The smallest absolute Gasteiger partial charge is 0.485 e. The molecule has 8 aromatic rings. The molecule has 24 nitrogen and oxygen atoms in total. The van der Waals surface area contributed by atoms with E-state index in [1.807, 2.05) is 47.6 Å². The van der Waals surface area contributed by atoms with Crippen molar-refractivity contribution in [1.29, 1.82) is 10.5 Å². The Morgan fingerprint density at radius 2 is 1.03 bits per heavy atom. The van der Waals surface area contributed by atoms with Gasteiger partial charge in [0.1, 0.15) is 57.3 Å². The number of nitrogens with one attached hydrogen (secondary N) is 2. The van der Waals surface area contributed by atoms with Crippen LogP contribution in [-0.4, -0.2) is 146 Å². The maximum absolute atomic E-state index is 15.4. The summed E-state index contributed by atoms with van der Waals surface area (Å²) in [5.41, 5.74) is 0.916. The second-order valence-corrected chi connectivity index (χ2v) is 31.7. The summed E-state index contributed by atoms with van der Waals surface area (Å²) in [5, 5.41) is 33.7. The fraction of sp³-hybridized carbons (Fsp3) is 0.400. The van der Waals surface area contributed by atoms with Gasteiger partial charge in [0.05, 0.1) is 85.9 Å². The summed E-state index contributed by atoms with van der Waals surface area (Å²) >= 11 is 3.31. The molecule has 0 unspecified atom stereocenters. The molecule has 3 saturated heterocycles. The standard InChI is InChI=1S/C37H38FN7O4.C23H34BN5O4.C20H16BrFN2O2/c1-36(2,21-39)24-16-23-12-15-45(35(48)33(23)28(38)17-24)31-9-6-8-26(27(31)20-46)29-18-30(34(47)43(5)42-29)41-32-11-10-25(19-40-32)49-37(3,4)22-44-13-7-14-44;1-21(2,15-29-11-8-12-29)31-16-9-10-19(25-14-16)26-17-13-18(27-28(7)20(17)30)24-32-22(3,4)23(5,6)33-24;1-20(2,11-23)13-8-12-6-7-24(19(26)18(12)16(22)9-13)17-5-3-4-15(21)14(17)10-25/h6,8-11,16-20H,7,12-15,22H2,1-5H3,(H,40,41);9-10,13-14H,8,11-12,15H2,1-7H3,(H,25,26);3-5,8-10H,6-7H2,1-2H3. The SMILES string of the molecule is CC(C)(C#N)c1cc(F)c2c(c1)CCN(c1cccc(Br)c1C=O)C2=O.Cn1nc(-c2cccc(N3CCc4cc(C(C)(C)C#N)cc(F)c4C3=O)c2C=O)cc(Nc2ccc(OC(C)(C)CN3CCC3)cn2)c1=O.Cn1nc(B2OC(C)(C)C(C)(C)O2)cc(Nc2ccc(OC(C)(C)CN3CCC3)cn2)c1=O. The normalized spacial score (nSPS) is 16.2. The number of amides is 2. The van der Waals surface area contributed by atoms with Crippen molar-refractivity contribution in [3.8, 4) is 34.9 Å². The highest BCUT2D eigenvalue weighted by atomic mass is 79.9. The van der Waals surface area contributed by atoms with E-state index in [9.17, 15) is 43.7 Å². The van der Waals surface area contributed by atoms with E-state index in [2.05, 4.69) is 82.5 Å². The molecule has 4 aromatic heterocycles. The third kappa shape index (κ3) is 17.0. The number of rotatable bonds is 20. The molecule has 3 fully saturated rings. The number of pyridine rings is 2. The fourth-order valence-corrected chi connectivity index (χ4v) is 13.7. The van der Waals surface area contributed by atoms with E-state index in [-0.39, 0.29) is 40.1 Å². The summed E-state index contributed by atoms with van der Waals surface area (Å²) < 4.78 is 57.7. The molecule has 28 heteroatoms. The van der Waals surface area contributed by atoms with Crippen LogP contribution in [0.15, 0.2) is 124 Å². The molecule has 0 saturated carbocycles. The van der Waals surface area contributed by atoms with Gasteiger partial charge in [-0.3, -0.25) is 38.6 Å². The number of carbonyl (C=O) groups is 4. The number of nitrogens with zero attached hydrogens (tertiary/aromatic N) is 12. The molecule has 2 amide bonds. The zero-order chi connectivity index (χ0) is 78.2. The number of nitriles is 2. The number of hydrogen-bond acceptors (Lipinski definition) is 20. The van der Waals surface area contributed by atoms with Crippen molar-refractivity contribution in [2.24, 2.45) is 14.1 Å². The van der Waals surface area contributed by atoms with Crippen LogP contribution in [-0.2, 0) is 47.1 Å². The van der Waals surface area contributed by atoms with Gasteiger partial charge in [0.15, 0.2) is 12.6 Å². The average Bonchev–Trinajstić information content (AvgIpc) is 0.908. The summed E-state index contributed by atoms with van der Waals surface area (Å²) in [4.78, 5) is 92.9. The van der Waals surface area contributed by atoms with Crippen LogP contribution in [0.25, 0.3) is 11.3 Å². The van der Waals surface area contributed by atoms with Crippen LogP contribution in [0.2, 0.25) is 0 Å². The molecule has 0 aliphatic carbocycles. The molecule has 5 aliphatic heterocycles. The second-order valence-electron chi connectivity index (χ2n) is 30.9. The van der Waals surface area contributed by atoms with E-state index in [1.165, 1.54) is 52.6 Å². The van der Waals surface area contributed by atoms with Gasteiger partial charge in [-0.05, 0) is 240 Å². The number of ether oxygens (including phenoxy) is 2. The maximum atomic E-state index is 15.4. The van der Waals surface area contributed by atoms with E-state index < -0.39 is 63.8 Å². The Hall–Kier alpha value is -10.4. The van der Waals surface area contributed by atoms with Gasteiger partial charge in [0.2, 0.25) is 0 Å². The van der Waals surface area contributed by atoms with E-state index in [4.69, 9.17) is 18.8 Å². The van der Waals surface area contributed by atoms with Crippen LogP contribution >= 0.6 is 15.9 Å². The van der Waals surface area contributed by atoms with Gasteiger partial charge in [-0.25, -0.2) is 28.1 Å². The predicted molar refractivity (Wildman–Crippen MR) is 412 cm³/mol. The minimum Gasteiger partial charge on any atom is -0.485 e. The fourth-order valence-electron chi connectivity index (χ4n) is 13.3. The minimum atomic E-state index is -0.927. The van der Waals surface area contributed by atoms with Crippen LogP contribution in [0.5, 0.6) is 11.5 Å². The molecule has 0 spiro atoms. The van der Waals surface area contributed by atoms with E-state index in [0.29, 0.717) is 121 Å². The summed E-state index contributed by atoms with van der Waals surface area (Å²) in [7, 11) is 2.44. The van der Waals surface area contributed by atoms with E-state index >= 15 is 4.39 Å². The van der Waals surface area contributed by atoms with Crippen molar-refractivity contribution in [3.63, 3.8) is 0 Å². The number of halogens is 3. The van der Waals surface area contributed by atoms with Crippen molar-refractivity contribution in [2.45, 2.75) is 142 Å². The number of fused-ring (bicyclic) bond motifs is 2. The summed E-state index contributed by atoms with van der Waals surface area (Å²) in [6.45, 7) is 29.6. The monoisotopic (exact) mass is 1530 g/mol. The number of aryl methyl sites for hydroxylation is 2. The predicted octanol–water partition coefficient (Wildman–Crippen LogP) is 11.9. The number of anilines is 6. The summed E-state index contributed by atoms with van der Waals surface area (Å²) in [5.74, 6) is -0.186. The highest BCUT2D eigenvalue weighted by Gasteiger charge is 2.53. The van der Waals surface area contributed by atoms with Gasteiger partial charge >= 0.3 is 7.12 Å². The van der Waals surface area contributed by atoms with Crippen molar-refractivity contribution < 1.29 is 46.7 Å². The van der Waals surface area contributed by atoms with Gasteiger partial charge in [-0.1, -0.05) is 30.3 Å². The van der Waals surface area contributed by atoms with E-state index in [0.717, 1.165) is 44.0 Å². The molecule has 108 heavy (non-hydrogen) atoms. The lowest BCUT2D eigenvalue weighted by atomic mass is 9.83. The first-order chi connectivity index (χ1) is 50.9. The first-order valence-corrected chi connectivity index (χ1v) is 36.5. The Bertz CT molecular complexity index is 5010. The van der Waals surface area contributed by atoms with Crippen molar-refractivity contribution >= 4 is 87.4 Å². The highest BCUT2D eigenvalue weighted by molar-refractivity contribution is 9.10. The van der Waals surface area contributed by atoms with Gasteiger partial charge in [0, 0.05) is 55.9 Å². The van der Waals surface area contributed by atoms with Crippen LogP contribution in [0.1, 0.15) is 160 Å². The molecule has 2 N–H and O–H groups in total. The third-order valence-corrected chi connectivity index (χ3v) is 20.9. The molecule has 0 bridgehead atoms. The van der Waals surface area contributed by atoms with Gasteiger partial charge in [0.25, 0.3) is 22.9 Å². The number of benzene rings is 4. The Kier molecular flexibility index (Phi) is 22.7. The molecule has 5 aliphatic rings. The average molecular weight is 1530 g/mol. The van der Waals surface area contributed by atoms with Crippen LogP contribution < -0.4 is 46.6 Å². The zero-order valence-electron chi connectivity index (χ0n) is 63.2. The van der Waals surface area contributed by atoms with Crippen molar-refractivity contribution in [2.75, 3.05) is 72.8 Å². The zero-order valence-corrected chi connectivity index (χ0v) is 64.8. The number of carbonyl (C=O) groups excluding carboxylic acids is 4. The third-order valence-electron chi connectivity index (χ3n) is 20.2. The molecule has 562 valence electrons. The molecule has 0 radical (unpaired) electrons. The lowest BCUT2D eigenvalue weighted by Crippen LogP contribution is -2.48. The summed E-state index contributed by atoms with van der Waals surface area (Å²) in [6.07, 6.45) is 7.80. The minimum absolute atomic E-state index is 0.00515. The molecule has 9 heterocycles. The highest BCUT2D eigenvalue weighted by Crippen LogP contribution is 2.40. The lowest BCUT2D eigenvalue weighted by molar-refractivity contribution is 0.00578. The molecule has 0 atom stereocenters. The number of hydrogen-bond donors (Lipinski definition) is 2. The van der Waals surface area contributed by atoms with Crippen LogP contribution in [0.4, 0.5) is 43.2 Å². The number of likely N-dealkylation sites (tertiary alicyclic amines) is 2. The van der Waals surface area contributed by atoms with Crippen LogP contribution in [0.3, 0.4) is 0 Å². The van der Waals surface area contributed by atoms with Crippen LogP contribution in [0, 0.1) is 34.3 Å². The Balaban J connectivity index is 0.000000171. The molecule has 13 rings (SSSR count). The Morgan fingerprint density at radius 1 is 0.593 bits per heavy atom. The van der Waals surface area contributed by atoms with Gasteiger partial charge in [-0.15, -0.1) is 0 Å². The van der Waals surface area contributed by atoms with Gasteiger partial charge in [-0.2, -0.15) is 20.7 Å². The topological polar surface area (TPSA) is 285 Å². The molecule has 4 aromatic carbocycles. The first kappa shape index (κ1) is 78.7. The Morgan fingerprint density at radius 3 is 1.44 bits per heavy atom. The maximum Gasteiger partial charge on any atom is 0.516 e. The molecular weight excluding hydrogens is 1450 g/mol. The lowest BCUT2D eigenvalue weighted by Gasteiger charge is -2.38. The second kappa shape index (κ2) is 31.1. The van der Waals surface area contributed by atoms with E-state index in [1.54, 1.807) is 120 Å². The Labute approximate surface area is 635 Å². The quantitative estimate of drug-likeness (QED) is 0.0529. The number of aldehydes is 2. The van der Waals surface area contributed by atoms with Gasteiger partial charge < -0.3 is 39.2 Å². The molecular formula is C80H88BBrF2N14O10. The van der Waals surface area contributed by atoms with Crippen molar-refractivity contribution in [1.82, 2.24) is 39.3 Å². The summed E-state index contributed by atoms with van der Waals surface area (Å²) in [6, 6.07) is 30.7. The largest absolute Gasteiger partial charge is 0.516 e. The first-order valence-electron chi connectivity index (χ1n) is 35.7. The number of aromatic nitrogens is 6.